The molecular weight excluding hydrogens is 212 g/mol. The minimum Gasteiger partial charge on any atom is -0.393 e. The second kappa shape index (κ2) is 3.01. The zero-order chi connectivity index (χ0) is 8.65. The highest BCUT2D eigenvalue weighted by molar-refractivity contribution is 9.09. The van der Waals surface area contributed by atoms with E-state index in [9.17, 15) is 5.11 Å². The highest BCUT2D eigenvalue weighted by Crippen LogP contribution is 2.38. The molecule has 1 aliphatic rings. The molecule has 0 aromatic rings. The van der Waals surface area contributed by atoms with Gasteiger partial charge in [-0.15, -0.1) is 0 Å². The van der Waals surface area contributed by atoms with Gasteiger partial charge in [0.1, 0.15) is 5.60 Å². The lowest BCUT2D eigenvalue weighted by Crippen LogP contribution is -2.37. The summed E-state index contributed by atoms with van der Waals surface area (Å²) >= 11 is 3.38. The van der Waals surface area contributed by atoms with Crippen LogP contribution in [0.15, 0.2) is 0 Å². The fourth-order valence-electron chi connectivity index (χ4n) is 1.27. The predicted molar refractivity (Wildman–Crippen MR) is 44.5 cm³/mol. The van der Waals surface area contributed by atoms with Gasteiger partial charge in [0.05, 0.1) is 11.4 Å². The molecule has 4 atom stereocenters. The lowest BCUT2D eigenvalue weighted by Gasteiger charge is -2.24. The van der Waals surface area contributed by atoms with Crippen molar-refractivity contribution in [1.29, 1.82) is 0 Å². The lowest BCUT2D eigenvalue weighted by atomic mass is 9.97. The first-order chi connectivity index (χ1) is 5.01. The average Bonchev–Trinajstić information content (AvgIpc) is 2.17. The van der Waals surface area contributed by atoms with Crippen molar-refractivity contribution in [3.8, 4) is 0 Å². The summed E-state index contributed by atoms with van der Waals surface area (Å²) in [6.07, 6.45) is -0.767. The van der Waals surface area contributed by atoms with Crippen LogP contribution in [0.25, 0.3) is 0 Å². The molecule has 0 aliphatic carbocycles. The number of alkyl halides is 1. The molecule has 0 spiro atoms. The summed E-state index contributed by atoms with van der Waals surface area (Å²) in [6.45, 7) is 3.58. The molecule has 1 heterocycles. The molecule has 1 saturated heterocycles. The van der Waals surface area contributed by atoms with E-state index in [-0.39, 0.29) is 17.4 Å². The van der Waals surface area contributed by atoms with Crippen LogP contribution in [-0.4, -0.2) is 33.5 Å². The summed E-state index contributed by atoms with van der Waals surface area (Å²) < 4.78 is 5.18. The van der Waals surface area contributed by atoms with E-state index in [4.69, 9.17) is 9.84 Å². The molecule has 0 bridgehead atoms. The van der Waals surface area contributed by atoms with E-state index < -0.39 is 11.9 Å². The Bertz CT molecular complexity index is 153. The van der Waals surface area contributed by atoms with Crippen LogP contribution in [-0.2, 0) is 4.74 Å². The third-order valence-electron chi connectivity index (χ3n) is 2.20. The molecule has 2 N–H and O–H groups in total. The molecule has 11 heavy (non-hydrogen) atoms. The number of aliphatic hydroxyl groups excluding tert-OH is 2. The quantitative estimate of drug-likeness (QED) is 0.638. The standard InChI is InChI=1S/C7H13BrO3/c1-4-5(8)7(2,3-9)11-6(4)10/h4-6,9-10H,3H2,1-2H3/t4-,5-,6?,7+/m1/s1. The van der Waals surface area contributed by atoms with E-state index in [0.29, 0.717) is 0 Å². The van der Waals surface area contributed by atoms with E-state index in [1.54, 1.807) is 6.92 Å². The van der Waals surface area contributed by atoms with Crippen molar-refractivity contribution in [3.63, 3.8) is 0 Å². The predicted octanol–water partition coefficient (Wildman–Crippen LogP) is 0.486. The smallest absolute Gasteiger partial charge is 0.159 e. The van der Waals surface area contributed by atoms with Crippen molar-refractivity contribution >= 4 is 15.9 Å². The Kier molecular flexibility index (Phi) is 2.59. The summed E-state index contributed by atoms with van der Waals surface area (Å²) in [6, 6.07) is 0. The second-order valence-electron chi connectivity index (χ2n) is 3.24. The van der Waals surface area contributed by atoms with Crippen LogP contribution in [0.2, 0.25) is 0 Å². The number of halogens is 1. The van der Waals surface area contributed by atoms with Crippen LogP contribution >= 0.6 is 15.9 Å². The van der Waals surface area contributed by atoms with Crippen molar-refractivity contribution in [2.24, 2.45) is 5.92 Å². The van der Waals surface area contributed by atoms with Crippen LogP contribution < -0.4 is 0 Å². The normalized spacial score (nSPS) is 51.5. The average molecular weight is 225 g/mol. The SMILES string of the molecule is C[C@H]1C(O)O[C@@](C)(CO)[C@@H]1Br. The largest absolute Gasteiger partial charge is 0.393 e. The topological polar surface area (TPSA) is 49.7 Å². The number of rotatable bonds is 1. The number of ether oxygens (including phenoxy) is 1. The first-order valence-electron chi connectivity index (χ1n) is 3.62. The Morgan fingerprint density at radius 3 is 2.36 bits per heavy atom. The van der Waals surface area contributed by atoms with Crippen molar-refractivity contribution < 1.29 is 14.9 Å². The van der Waals surface area contributed by atoms with Gasteiger partial charge in [0.25, 0.3) is 0 Å². The zero-order valence-corrected chi connectivity index (χ0v) is 8.21. The number of hydrogen-bond acceptors (Lipinski definition) is 3. The van der Waals surface area contributed by atoms with Gasteiger partial charge in [0.15, 0.2) is 6.29 Å². The van der Waals surface area contributed by atoms with Gasteiger partial charge in [-0.05, 0) is 6.92 Å². The molecule has 1 rings (SSSR count). The molecule has 4 heteroatoms. The first-order valence-corrected chi connectivity index (χ1v) is 4.53. The minimum absolute atomic E-state index is 0.00926. The fourth-order valence-corrected chi connectivity index (χ4v) is 1.79. The third kappa shape index (κ3) is 1.45. The number of aliphatic hydroxyl groups is 2. The first kappa shape index (κ1) is 9.45. The molecule has 0 aromatic carbocycles. The Morgan fingerprint density at radius 2 is 2.18 bits per heavy atom. The molecule has 1 aliphatic heterocycles. The monoisotopic (exact) mass is 224 g/mol. The maximum atomic E-state index is 9.27. The second-order valence-corrected chi connectivity index (χ2v) is 4.23. The molecule has 1 unspecified atom stereocenters. The Hall–Kier alpha value is 0.360. The summed E-state index contributed by atoms with van der Waals surface area (Å²) in [5, 5.41) is 18.2. The van der Waals surface area contributed by atoms with Crippen LogP contribution in [0.1, 0.15) is 13.8 Å². The van der Waals surface area contributed by atoms with Crippen LogP contribution in [0.4, 0.5) is 0 Å². The van der Waals surface area contributed by atoms with Gasteiger partial charge < -0.3 is 14.9 Å². The van der Waals surface area contributed by atoms with Crippen LogP contribution in [0, 0.1) is 5.92 Å². The molecule has 1 fully saturated rings. The lowest BCUT2D eigenvalue weighted by molar-refractivity contribution is -0.151. The third-order valence-corrected chi connectivity index (χ3v) is 4.00. The summed E-state index contributed by atoms with van der Waals surface area (Å²) in [5.74, 6) is 0.0205. The van der Waals surface area contributed by atoms with Gasteiger partial charge in [0, 0.05) is 5.92 Å². The van der Waals surface area contributed by atoms with E-state index in [2.05, 4.69) is 15.9 Å². The van der Waals surface area contributed by atoms with E-state index in [1.165, 1.54) is 0 Å². The van der Waals surface area contributed by atoms with E-state index in [1.807, 2.05) is 6.92 Å². The summed E-state index contributed by atoms with van der Waals surface area (Å²) in [5.41, 5.74) is -0.640. The highest BCUT2D eigenvalue weighted by Gasteiger charge is 2.47. The Labute approximate surface area is 74.5 Å². The van der Waals surface area contributed by atoms with Crippen LogP contribution in [0.3, 0.4) is 0 Å². The minimum atomic E-state index is -0.767. The van der Waals surface area contributed by atoms with Crippen molar-refractivity contribution in [2.45, 2.75) is 30.6 Å². The van der Waals surface area contributed by atoms with E-state index >= 15 is 0 Å². The van der Waals surface area contributed by atoms with Crippen molar-refractivity contribution in [3.05, 3.63) is 0 Å². The van der Waals surface area contributed by atoms with Gasteiger partial charge in [-0.2, -0.15) is 0 Å². The molecule has 0 amide bonds. The van der Waals surface area contributed by atoms with Gasteiger partial charge >= 0.3 is 0 Å². The molecular formula is C7H13BrO3. The van der Waals surface area contributed by atoms with Crippen molar-refractivity contribution in [2.75, 3.05) is 6.61 Å². The molecule has 0 radical (unpaired) electrons. The fraction of sp³-hybridized carbons (Fsp3) is 1.00. The van der Waals surface area contributed by atoms with Gasteiger partial charge in [0.2, 0.25) is 0 Å². The van der Waals surface area contributed by atoms with E-state index in [0.717, 1.165) is 0 Å². The van der Waals surface area contributed by atoms with Gasteiger partial charge in [-0.1, -0.05) is 22.9 Å². The summed E-state index contributed by atoms with van der Waals surface area (Å²) in [7, 11) is 0. The molecule has 3 nitrogen and oxygen atoms in total. The highest BCUT2D eigenvalue weighted by atomic mass is 79.9. The maximum absolute atomic E-state index is 9.27. The summed E-state index contributed by atoms with van der Waals surface area (Å²) in [4.78, 5) is 0.00926. The van der Waals surface area contributed by atoms with Crippen molar-refractivity contribution in [1.82, 2.24) is 0 Å². The molecule has 0 saturated carbocycles. The Balaban J connectivity index is 2.73. The maximum Gasteiger partial charge on any atom is 0.159 e. The molecule has 0 aromatic heterocycles. The zero-order valence-electron chi connectivity index (χ0n) is 6.62. The number of hydrogen-bond donors (Lipinski definition) is 2. The van der Waals surface area contributed by atoms with Gasteiger partial charge in [-0.3, -0.25) is 0 Å². The molecule has 66 valence electrons. The Morgan fingerprint density at radius 1 is 1.64 bits per heavy atom. The van der Waals surface area contributed by atoms with Crippen LogP contribution in [0.5, 0.6) is 0 Å². The van der Waals surface area contributed by atoms with Gasteiger partial charge in [-0.25, -0.2) is 0 Å².